The number of halogens is 1. The van der Waals surface area contributed by atoms with Crippen LogP contribution in [-0.4, -0.2) is 30.8 Å². The van der Waals surface area contributed by atoms with Crippen LogP contribution in [0.4, 0.5) is 4.39 Å². The minimum Gasteiger partial charge on any atom is -0.492 e. The van der Waals surface area contributed by atoms with Gasteiger partial charge in [-0.2, -0.15) is 4.39 Å². The highest BCUT2D eigenvalue weighted by Gasteiger charge is 2.24. The van der Waals surface area contributed by atoms with Crippen molar-refractivity contribution in [2.45, 2.75) is 25.5 Å². The van der Waals surface area contributed by atoms with Crippen LogP contribution in [-0.2, 0) is 0 Å². The fourth-order valence-corrected chi connectivity index (χ4v) is 1.63. The SMILES string of the molecule is COc1cc(OC(C)[C@@H]2CCN2)cnc1F. The van der Waals surface area contributed by atoms with E-state index in [4.69, 9.17) is 9.47 Å². The second kappa shape index (κ2) is 4.65. The first-order valence-electron chi connectivity index (χ1n) is 5.30. The second-order valence-electron chi connectivity index (χ2n) is 3.84. The Kier molecular flexibility index (Phi) is 3.24. The van der Waals surface area contributed by atoms with Gasteiger partial charge in [0.1, 0.15) is 11.9 Å². The second-order valence-corrected chi connectivity index (χ2v) is 3.84. The summed E-state index contributed by atoms with van der Waals surface area (Å²) in [7, 11) is 1.40. The van der Waals surface area contributed by atoms with E-state index in [2.05, 4.69) is 10.3 Å². The minimum atomic E-state index is -0.621. The highest BCUT2D eigenvalue weighted by Crippen LogP contribution is 2.23. The Morgan fingerprint density at radius 3 is 2.94 bits per heavy atom. The van der Waals surface area contributed by atoms with Gasteiger partial charge in [0.25, 0.3) is 5.95 Å². The summed E-state index contributed by atoms with van der Waals surface area (Å²) in [5.74, 6) is 0.00925. The number of methoxy groups -OCH3 is 1. The molecular formula is C11H15FN2O2. The van der Waals surface area contributed by atoms with Gasteiger partial charge >= 0.3 is 0 Å². The van der Waals surface area contributed by atoms with Crippen molar-refractivity contribution in [3.8, 4) is 11.5 Å². The molecule has 0 radical (unpaired) electrons. The number of hydrogen-bond acceptors (Lipinski definition) is 4. The number of aromatic nitrogens is 1. The molecule has 5 heteroatoms. The Balaban J connectivity index is 2.03. The van der Waals surface area contributed by atoms with Crippen molar-refractivity contribution in [1.29, 1.82) is 0 Å². The van der Waals surface area contributed by atoms with Crippen LogP contribution < -0.4 is 14.8 Å². The molecule has 4 nitrogen and oxygen atoms in total. The molecule has 0 bridgehead atoms. The molecule has 1 aromatic heterocycles. The Hall–Kier alpha value is -1.36. The number of ether oxygens (including phenoxy) is 2. The highest BCUT2D eigenvalue weighted by atomic mass is 19.1. The molecule has 0 aliphatic carbocycles. The molecule has 1 unspecified atom stereocenters. The van der Waals surface area contributed by atoms with Gasteiger partial charge in [-0.05, 0) is 19.9 Å². The van der Waals surface area contributed by atoms with Gasteiger partial charge in [0, 0.05) is 12.1 Å². The largest absolute Gasteiger partial charge is 0.492 e. The van der Waals surface area contributed by atoms with Crippen LogP contribution >= 0.6 is 0 Å². The predicted octanol–water partition coefficient (Wildman–Crippen LogP) is 1.36. The highest BCUT2D eigenvalue weighted by molar-refractivity contribution is 5.29. The Bertz CT molecular complexity index is 369. The Morgan fingerprint density at radius 2 is 2.38 bits per heavy atom. The zero-order valence-corrected chi connectivity index (χ0v) is 9.37. The number of pyridine rings is 1. The molecule has 1 aliphatic rings. The Morgan fingerprint density at radius 1 is 1.62 bits per heavy atom. The molecular weight excluding hydrogens is 211 g/mol. The monoisotopic (exact) mass is 226 g/mol. The fraction of sp³-hybridized carbons (Fsp3) is 0.545. The van der Waals surface area contributed by atoms with E-state index in [1.165, 1.54) is 19.4 Å². The molecule has 2 rings (SSSR count). The van der Waals surface area contributed by atoms with E-state index < -0.39 is 5.95 Å². The summed E-state index contributed by atoms with van der Waals surface area (Å²) in [6, 6.07) is 1.88. The van der Waals surface area contributed by atoms with Crippen LogP contribution in [0, 0.1) is 5.95 Å². The first-order chi connectivity index (χ1) is 7.70. The summed E-state index contributed by atoms with van der Waals surface area (Å²) in [4.78, 5) is 3.57. The zero-order chi connectivity index (χ0) is 11.5. The lowest BCUT2D eigenvalue weighted by Crippen LogP contribution is -2.51. The summed E-state index contributed by atoms with van der Waals surface area (Å²) in [5, 5.41) is 3.25. The van der Waals surface area contributed by atoms with E-state index in [0.29, 0.717) is 11.8 Å². The van der Waals surface area contributed by atoms with Crippen LogP contribution in [0.15, 0.2) is 12.3 Å². The molecule has 0 saturated carbocycles. The average molecular weight is 226 g/mol. The van der Waals surface area contributed by atoms with Crippen LogP contribution in [0.3, 0.4) is 0 Å². The third-order valence-corrected chi connectivity index (χ3v) is 2.75. The third kappa shape index (κ3) is 2.24. The van der Waals surface area contributed by atoms with E-state index in [9.17, 15) is 4.39 Å². The standard InChI is InChI=1S/C11H15FN2O2/c1-7(9-3-4-13-9)16-8-5-10(15-2)11(12)14-6-8/h5-7,9,13H,3-4H2,1-2H3/t7?,9-/m0/s1. The van der Waals surface area contributed by atoms with E-state index in [0.717, 1.165) is 13.0 Å². The van der Waals surface area contributed by atoms with Crippen molar-refractivity contribution in [1.82, 2.24) is 10.3 Å². The molecule has 0 spiro atoms. The average Bonchev–Trinajstić information content (AvgIpc) is 2.18. The number of hydrogen-bond donors (Lipinski definition) is 1. The molecule has 1 aliphatic heterocycles. The van der Waals surface area contributed by atoms with Gasteiger partial charge in [-0.25, -0.2) is 4.98 Å². The summed E-state index contributed by atoms with van der Waals surface area (Å²) in [5.41, 5.74) is 0. The van der Waals surface area contributed by atoms with Crippen LogP contribution in [0.1, 0.15) is 13.3 Å². The lowest BCUT2D eigenvalue weighted by Gasteiger charge is -2.33. The van der Waals surface area contributed by atoms with Crippen LogP contribution in [0.25, 0.3) is 0 Å². The number of nitrogens with one attached hydrogen (secondary N) is 1. The third-order valence-electron chi connectivity index (χ3n) is 2.75. The molecule has 0 amide bonds. The zero-order valence-electron chi connectivity index (χ0n) is 9.37. The van der Waals surface area contributed by atoms with Crippen molar-refractivity contribution in [3.05, 3.63) is 18.2 Å². The van der Waals surface area contributed by atoms with Gasteiger partial charge in [-0.15, -0.1) is 0 Å². The van der Waals surface area contributed by atoms with Gasteiger partial charge in [0.15, 0.2) is 5.75 Å². The number of nitrogens with zero attached hydrogens (tertiary/aromatic N) is 1. The predicted molar refractivity (Wildman–Crippen MR) is 57.2 cm³/mol. The lowest BCUT2D eigenvalue weighted by atomic mass is 10.0. The minimum absolute atomic E-state index is 0.0470. The topological polar surface area (TPSA) is 43.4 Å². The molecule has 1 saturated heterocycles. The van der Waals surface area contributed by atoms with E-state index >= 15 is 0 Å². The van der Waals surface area contributed by atoms with E-state index in [1.54, 1.807) is 0 Å². The smallest absolute Gasteiger partial charge is 0.255 e. The quantitative estimate of drug-likeness (QED) is 0.787. The summed E-state index contributed by atoms with van der Waals surface area (Å²) >= 11 is 0. The van der Waals surface area contributed by atoms with Gasteiger partial charge < -0.3 is 14.8 Å². The molecule has 16 heavy (non-hydrogen) atoms. The van der Waals surface area contributed by atoms with Gasteiger partial charge in [-0.1, -0.05) is 0 Å². The van der Waals surface area contributed by atoms with Crippen molar-refractivity contribution in [2.24, 2.45) is 0 Å². The molecule has 1 N–H and O–H groups in total. The lowest BCUT2D eigenvalue weighted by molar-refractivity contribution is 0.132. The first kappa shape index (κ1) is 11.1. The molecule has 88 valence electrons. The van der Waals surface area contributed by atoms with E-state index in [1.807, 2.05) is 6.92 Å². The Labute approximate surface area is 93.8 Å². The number of rotatable bonds is 4. The normalized spacial score (nSPS) is 21.1. The van der Waals surface area contributed by atoms with Gasteiger partial charge in [0.05, 0.1) is 13.3 Å². The van der Waals surface area contributed by atoms with Crippen LogP contribution in [0.2, 0.25) is 0 Å². The van der Waals surface area contributed by atoms with Gasteiger partial charge in [-0.3, -0.25) is 0 Å². The van der Waals surface area contributed by atoms with E-state index in [-0.39, 0.29) is 11.9 Å². The molecule has 2 heterocycles. The maximum absolute atomic E-state index is 13.0. The van der Waals surface area contributed by atoms with Gasteiger partial charge in [0.2, 0.25) is 0 Å². The summed E-state index contributed by atoms with van der Waals surface area (Å²) < 4.78 is 23.5. The summed E-state index contributed by atoms with van der Waals surface area (Å²) in [6.45, 7) is 3.01. The molecule has 1 aromatic rings. The maximum atomic E-state index is 13.0. The van der Waals surface area contributed by atoms with Crippen LogP contribution in [0.5, 0.6) is 11.5 Å². The van der Waals surface area contributed by atoms with Crippen molar-refractivity contribution in [2.75, 3.05) is 13.7 Å². The first-order valence-corrected chi connectivity index (χ1v) is 5.30. The molecule has 1 fully saturated rings. The molecule has 2 atom stereocenters. The summed E-state index contributed by atoms with van der Waals surface area (Å²) in [6.07, 6.45) is 2.52. The van der Waals surface area contributed by atoms with Crippen molar-refractivity contribution in [3.63, 3.8) is 0 Å². The molecule has 0 aromatic carbocycles. The maximum Gasteiger partial charge on any atom is 0.255 e. The van der Waals surface area contributed by atoms with Crippen molar-refractivity contribution >= 4 is 0 Å². The van der Waals surface area contributed by atoms with Crippen molar-refractivity contribution < 1.29 is 13.9 Å². The fourth-order valence-electron chi connectivity index (χ4n) is 1.63.